The van der Waals surface area contributed by atoms with Crippen LogP contribution < -0.4 is 0 Å². The summed E-state index contributed by atoms with van der Waals surface area (Å²) < 4.78 is 31.2. The summed E-state index contributed by atoms with van der Waals surface area (Å²) in [5.41, 5.74) is 0.410. The molecule has 0 aliphatic heterocycles. The van der Waals surface area contributed by atoms with Crippen LogP contribution in [0.25, 0.3) is 0 Å². The molecule has 2 rings (SSSR count). The van der Waals surface area contributed by atoms with E-state index in [1.165, 1.54) is 81.3 Å². The van der Waals surface area contributed by atoms with Gasteiger partial charge in [0.15, 0.2) is 15.1 Å². The molecule has 6 nitrogen and oxygen atoms in total. The number of benzene rings is 2. The Morgan fingerprint density at radius 2 is 1.32 bits per heavy atom. The molecule has 0 aliphatic rings. The second-order valence-electron chi connectivity index (χ2n) is 8.52. The maximum absolute atomic E-state index is 12.9. The van der Waals surface area contributed by atoms with Gasteiger partial charge < -0.3 is 9.84 Å². The normalized spacial score (nSPS) is 12.3. The minimum Gasteiger partial charge on any atom is -0.480 e. The summed E-state index contributed by atoms with van der Waals surface area (Å²) in [6.07, 6.45) is 11.9. The van der Waals surface area contributed by atoms with Crippen molar-refractivity contribution < 1.29 is 27.9 Å². The molecule has 0 aromatic heterocycles. The molecule has 7 heteroatoms. The van der Waals surface area contributed by atoms with Gasteiger partial charge in [0.2, 0.25) is 0 Å². The molecule has 34 heavy (non-hydrogen) atoms. The number of rotatable bonds is 16. The first-order chi connectivity index (χ1) is 16.4. The number of esters is 1. The third-order valence-electron chi connectivity index (χ3n) is 5.79. The Hall–Kier alpha value is -2.67. The van der Waals surface area contributed by atoms with Gasteiger partial charge in [-0.1, -0.05) is 95.0 Å². The number of carboxylic acids is 1. The Morgan fingerprint density at radius 1 is 0.794 bits per heavy atom. The minimum atomic E-state index is -4.19. The maximum Gasteiger partial charge on any atom is 0.338 e. The molecule has 0 heterocycles. The van der Waals surface area contributed by atoms with E-state index in [0.29, 0.717) is 6.61 Å². The van der Waals surface area contributed by atoms with E-state index in [-0.39, 0.29) is 16.0 Å². The third-order valence-corrected chi connectivity index (χ3v) is 7.81. The van der Waals surface area contributed by atoms with Crippen molar-refractivity contribution in [3.8, 4) is 0 Å². The Labute approximate surface area is 203 Å². The highest BCUT2D eigenvalue weighted by Crippen LogP contribution is 2.29. The SMILES string of the molecule is CCCCCCCCCCCCOC(=O)c1ccc(S(=O)(=O)C(C(=O)O)c2ccccc2)cc1. The molecule has 0 fully saturated rings. The number of hydrogen-bond donors (Lipinski definition) is 1. The van der Waals surface area contributed by atoms with Crippen LogP contribution in [-0.2, 0) is 19.4 Å². The van der Waals surface area contributed by atoms with Crippen LogP contribution in [0.3, 0.4) is 0 Å². The molecule has 2 aromatic rings. The smallest absolute Gasteiger partial charge is 0.338 e. The molecule has 1 unspecified atom stereocenters. The Bertz CT molecular complexity index is 984. The van der Waals surface area contributed by atoms with Gasteiger partial charge in [-0.3, -0.25) is 4.79 Å². The summed E-state index contributed by atoms with van der Waals surface area (Å²) in [6.45, 7) is 2.54. The van der Waals surface area contributed by atoms with Crippen LogP contribution in [0.1, 0.15) is 92.3 Å². The summed E-state index contributed by atoms with van der Waals surface area (Å²) in [6, 6.07) is 13.0. The molecule has 186 valence electrons. The first kappa shape index (κ1) is 27.6. The van der Waals surface area contributed by atoms with E-state index in [1.54, 1.807) is 18.2 Å². The van der Waals surface area contributed by atoms with Crippen molar-refractivity contribution in [2.45, 2.75) is 81.3 Å². The second kappa shape index (κ2) is 14.6. The molecule has 0 saturated carbocycles. The Morgan fingerprint density at radius 3 is 1.85 bits per heavy atom. The average molecular weight is 489 g/mol. The van der Waals surface area contributed by atoms with Gasteiger partial charge >= 0.3 is 11.9 Å². The first-order valence-electron chi connectivity index (χ1n) is 12.2. The third kappa shape index (κ3) is 8.60. The number of unbranched alkanes of at least 4 members (excludes halogenated alkanes) is 9. The molecule has 0 saturated heterocycles. The van der Waals surface area contributed by atoms with Crippen LogP contribution in [0.4, 0.5) is 0 Å². The fraction of sp³-hybridized carbons (Fsp3) is 0.481. The van der Waals surface area contributed by atoms with E-state index in [0.717, 1.165) is 19.3 Å². The quantitative estimate of drug-likeness (QED) is 0.218. The molecule has 1 atom stereocenters. The Balaban J connectivity index is 1.80. The summed E-state index contributed by atoms with van der Waals surface area (Å²) in [7, 11) is -4.19. The van der Waals surface area contributed by atoms with Crippen LogP contribution in [0.15, 0.2) is 59.5 Å². The van der Waals surface area contributed by atoms with Crippen LogP contribution in [0.5, 0.6) is 0 Å². The van der Waals surface area contributed by atoms with Gasteiger partial charge in [-0.15, -0.1) is 0 Å². The van der Waals surface area contributed by atoms with Crippen molar-refractivity contribution in [3.63, 3.8) is 0 Å². The maximum atomic E-state index is 12.9. The molecule has 0 aliphatic carbocycles. The Kier molecular flexibility index (Phi) is 11.8. The van der Waals surface area contributed by atoms with Crippen LogP contribution in [0, 0.1) is 0 Å². The van der Waals surface area contributed by atoms with Crippen molar-refractivity contribution in [2.75, 3.05) is 6.61 Å². The van der Waals surface area contributed by atoms with E-state index in [2.05, 4.69) is 6.92 Å². The van der Waals surface area contributed by atoms with Crippen molar-refractivity contribution in [2.24, 2.45) is 0 Å². The summed E-state index contributed by atoms with van der Waals surface area (Å²) in [5, 5.41) is 7.83. The van der Waals surface area contributed by atoms with Crippen molar-refractivity contribution in [1.29, 1.82) is 0 Å². The average Bonchev–Trinajstić information content (AvgIpc) is 2.83. The van der Waals surface area contributed by atoms with Crippen molar-refractivity contribution >= 4 is 21.8 Å². The van der Waals surface area contributed by atoms with Crippen LogP contribution >= 0.6 is 0 Å². The number of carbonyl (C=O) groups excluding carboxylic acids is 1. The number of aliphatic carboxylic acids is 1. The largest absolute Gasteiger partial charge is 0.480 e. The number of hydrogen-bond acceptors (Lipinski definition) is 5. The van der Waals surface area contributed by atoms with Gasteiger partial charge in [0, 0.05) is 0 Å². The second-order valence-corrected chi connectivity index (χ2v) is 10.5. The van der Waals surface area contributed by atoms with Crippen LogP contribution in [0.2, 0.25) is 0 Å². The van der Waals surface area contributed by atoms with Gasteiger partial charge in [0.25, 0.3) is 0 Å². The van der Waals surface area contributed by atoms with Crippen LogP contribution in [-0.4, -0.2) is 32.1 Å². The molecule has 2 aromatic carbocycles. The topological polar surface area (TPSA) is 97.7 Å². The zero-order chi connectivity index (χ0) is 24.8. The standard InChI is InChI=1S/C27H36O6S/c1-2-3-4-5-6-7-8-9-10-14-21-33-27(30)23-17-19-24(20-18-23)34(31,32)25(26(28)29)22-15-12-11-13-16-22/h11-13,15-20,25H,2-10,14,21H2,1H3,(H,28,29). The van der Waals surface area contributed by atoms with E-state index in [4.69, 9.17) is 4.74 Å². The lowest BCUT2D eigenvalue weighted by Gasteiger charge is -2.14. The fourth-order valence-electron chi connectivity index (χ4n) is 3.84. The summed E-state index contributed by atoms with van der Waals surface area (Å²) in [5.74, 6) is -1.97. The number of ether oxygens (including phenoxy) is 1. The zero-order valence-electron chi connectivity index (χ0n) is 19.9. The number of sulfone groups is 1. The van der Waals surface area contributed by atoms with Gasteiger partial charge in [-0.2, -0.15) is 0 Å². The highest BCUT2D eigenvalue weighted by atomic mass is 32.2. The summed E-state index contributed by atoms with van der Waals surface area (Å²) in [4.78, 5) is 23.8. The first-order valence-corrected chi connectivity index (χ1v) is 13.7. The molecule has 1 N–H and O–H groups in total. The predicted molar refractivity (Wildman–Crippen MR) is 133 cm³/mol. The van der Waals surface area contributed by atoms with E-state index >= 15 is 0 Å². The molecule has 0 amide bonds. The van der Waals surface area contributed by atoms with Gasteiger partial charge in [-0.05, 0) is 36.2 Å². The molecule has 0 bridgehead atoms. The van der Waals surface area contributed by atoms with Gasteiger partial charge in [0.1, 0.15) is 0 Å². The highest BCUT2D eigenvalue weighted by Gasteiger charge is 2.35. The molecular weight excluding hydrogens is 452 g/mol. The minimum absolute atomic E-state index is 0.157. The summed E-state index contributed by atoms with van der Waals surface area (Å²) >= 11 is 0. The van der Waals surface area contributed by atoms with Crippen molar-refractivity contribution in [3.05, 3.63) is 65.7 Å². The van der Waals surface area contributed by atoms with E-state index < -0.39 is 27.0 Å². The molecular formula is C27H36O6S. The number of carboxylic acid groups (broad SMARTS) is 1. The fourth-order valence-corrected chi connectivity index (χ4v) is 5.41. The highest BCUT2D eigenvalue weighted by molar-refractivity contribution is 7.92. The monoisotopic (exact) mass is 488 g/mol. The van der Waals surface area contributed by atoms with Gasteiger partial charge in [0.05, 0.1) is 17.1 Å². The lowest BCUT2D eigenvalue weighted by atomic mass is 10.1. The van der Waals surface area contributed by atoms with Gasteiger partial charge in [-0.25, -0.2) is 13.2 Å². The van der Waals surface area contributed by atoms with Crippen molar-refractivity contribution in [1.82, 2.24) is 0 Å². The van der Waals surface area contributed by atoms with E-state index in [1.807, 2.05) is 0 Å². The molecule has 0 radical (unpaired) electrons. The van der Waals surface area contributed by atoms with E-state index in [9.17, 15) is 23.1 Å². The molecule has 0 spiro atoms. The lowest BCUT2D eigenvalue weighted by Crippen LogP contribution is -2.22. The lowest BCUT2D eigenvalue weighted by molar-refractivity contribution is -0.136. The zero-order valence-corrected chi connectivity index (χ0v) is 20.8. The number of carbonyl (C=O) groups is 2. The predicted octanol–water partition coefficient (Wildman–Crippen LogP) is 6.36.